The van der Waals surface area contributed by atoms with Crippen LogP contribution in [-0.2, 0) is 6.42 Å². The number of ether oxygens (including phenoxy) is 1. The Morgan fingerprint density at radius 2 is 2.13 bits per heavy atom. The van der Waals surface area contributed by atoms with Gasteiger partial charge in [-0.25, -0.2) is 4.98 Å². The Morgan fingerprint density at radius 1 is 1.40 bits per heavy atom. The van der Waals surface area contributed by atoms with Crippen molar-refractivity contribution < 1.29 is 4.74 Å². The molecule has 3 heteroatoms. The summed E-state index contributed by atoms with van der Waals surface area (Å²) < 4.78 is 5.20. The summed E-state index contributed by atoms with van der Waals surface area (Å²) in [5, 5.41) is 0. The summed E-state index contributed by atoms with van der Waals surface area (Å²) in [6.07, 6.45) is 3.46. The maximum atomic E-state index is 5.20. The van der Waals surface area contributed by atoms with Crippen molar-refractivity contribution in [3.63, 3.8) is 0 Å². The van der Waals surface area contributed by atoms with Crippen molar-refractivity contribution in [3.05, 3.63) is 17.6 Å². The van der Waals surface area contributed by atoms with Crippen LogP contribution in [0.25, 0.3) is 0 Å². The van der Waals surface area contributed by atoms with Crippen LogP contribution in [0.15, 0.2) is 6.07 Å². The summed E-state index contributed by atoms with van der Waals surface area (Å²) in [6.45, 7) is 4.40. The molecule has 0 amide bonds. The molecule has 0 saturated heterocycles. The first kappa shape index (κ1) is 10.4. The molecule has 0 radical (unpaired) electrons. The highest BCUT2D eigenvalue weighted by Crippen LogP contribution is 2.38. The Balaban J connectivity index is 2.24. The van der Waals surface area contributed by atoms with E-state index in [2.05, 4.69) is 23.8 Å². The van der Waals surface area contributed by atoms with Crippen molar-refractivity contribution in [1.82, 2.24) is 9.97 Å². The second-order valence-electron chi connectivity index (χ2n) is 4.63. The van der Waals surface area contributed by atoms with Gasteiger partial charge in [0.15, 0.2) is 0 Å². The third-order valence-corrected chi connectivity index (χ3v) is 2.54. The van der Waals surface area contributed by atoms with Crippen molar-refractivity contribution in [2.75, 3.05) is 7.11 Å². The Hall–Kier alpha value is -1.12. The SMILES string of the molecule is COc1cc(CC(C)C)nc(C2CC2)n1. The highest BCUT2D eigenvalue weighted by atomic mass is 16.5. The van der Waals surface area contributed by atoms with E-state index in [4.69, 9.17) is 4.74 Å². The van der Waals surface area contributed by atoms with Gasteiger partial charge >= 0.3 is 0 Å². The van der Waals surface area contributed by atoms with Gasteiger partial charge in [0.05, 0.1) is 7.11 Å². The quantitative estimate of drug-likeness (QED) is 0.759. The molecule has 1 fully saturated rings. The van der Waals surface area contributed by atoms with Gasteiger partial charge in [-0.2, -0.15) is 4.98 Å². The van der Waals surface area contributed by atoms with Gasteiger partial charge in [0.1, 0.15) is 5.82 Å². The number of nitrogens with zero attached hydrogens (tertiary/aromatic N) is 2. The van der Waals surface area contributed by atoms with Gasteiger partial charge in [0.25, 0.3) is 0 Å². The van der Waals surface area contributed by atoms with Gasteiger partial charge in [0, 0.05) is 17.7 Å². The standard InChI is InChI=1S/C12H18N2O/c1-8(2)6-10-7-11(15-3)14-12(13-10)9-4-5-9/h7-9H,4-6H2,1-3H3. The molecule has 0 unspecified atom stereocenters. The maximum absolute atomic E-state index is 5.20. The Morgan fingerprint density at radius 3 is 2.67 bits per heavy atom. The largest absolute Gasteiger partial charge is 0.481 e. The average Bonchev–Trinajstić information content (AvgIpc) is 2.99. The summed E-state index contributed by atoms with van der Waals surface area (Å²) in [5.41, 5.74) is 1.11. The fraction of sp³-hybridized carbons (Fsp3) is 0.667. The summed E-state index contributed by atoms with van der Waals surface area (Å²) >= 11 is 0. The van der Waals surface area contributed by atoms with E-state index in [1.165, 1.54) is 12.8 Å². The molecule has 1 saturated carbocycles. The van der Waals surface area contributed by atoms with E-state index in [9.17, 15) is 0 Å². The Bertz CT molecular complexity index is 345. The van der Waals surface area contributed by atoms with Crippen molar-refractivity contribution in [2.24, 2.45) is 5.92 Å². The first-order valence-corrected chi connectivity index (χ1v) is 5.61. The van der Waals surface area contributed by atoms with Crippen molar-refractivity contribution in [3.8, 4) is 5.88 Å². The third-order valence-electron chi connectivity index (χ3n) is 2.54. The topological polar surface area (TPSA) is 35.0 Å². The fourth-order valence-corrected chi connectivity index (χ4v) is 1.64. The van der Waals surface area contributed by atoms with Crippen LogP contribution in [0.4, 0.5) is 0 Å². The Labute approximate surface area is 90.9 Å². The highest BCUT2D eigenvalue weighted by Gasteiger charge is 2.27. The second kappa shape index (κ2) is 4.17. The zero-order valence-electron chi connectivity index (χ0n) is 9.66. The number of methoxy groups -OCH3 is 1. The molecule has 0 aromatic carbocycles. The third kappa shape index (κ3) is 2.67. The van der Waals surface area contributed by atoms with E-state index in [-0.39, 0.29) is 0 Å². The van der Waals surface area contributed by atoms with Crippen LogP contribution >= 0.6 is 0 Å². The lowest BCUT2D eigenvalue weighted by atomic mass is 10.1. The van der Waals surface area contributed by atoms with E-state index in [1.807, 2.05) is 6.07 Å². The van der Waals surface area contributed by atoms with Crippen LogP contribution < -0.4 is 4.74 Å². The zero-order valence-corrected chi connectivity index (χ0v) is 9.66. The maximum Gasteiger partial charge on any atom is 0.216 e. The lowest BCUT2D eigenvalue weighted by molar-refractivity contribution is 0.393. The molecule has 0 spiro atoms. The minimum absolute atomic E-state index is 0.589. The monoisotopic (exact) mass is 206 g/mol. The normalized spacial score (nSPS) is 15.7. The highest BCUT2D eigenvalue weighted by molar-refractivity contribution is 5.20. The number of aromatic nitrogens is 2. The van der Waals surface area contributed by atoms with Crippen LogP contribution in [0.1, 0.15) is 44.1 Å². The molecule has 0 N–H and O–H groups in total. The van der Waals surface area contributed by atoms with Gasteiger partial charge in [-0.1, -0.05) is 13.8 Å². The van der Waals surface area contributed by atoms with Crippen molar-refractivity contribution in [2.45, 2.75) is 39.0 Å². The lowest BCUT2D eigenvalue weighted by Crippen LogP contribution is -2.03. The molecule has 0 atom stereocenters. The molecule has 82 valence electrons. The molecule has 15 heavy (non-hydrogen) atoms. The van der Waals surface area contributed by atoms with Crippen LogP contribution in [-0.4, -0.2) is 17.1 Å². The second-order valence-corrected chi connectivity index (χ2v) is 4.63. The van der Waals surface area contributed by atoms with Crippen LogP contribution in [0, 0.1) is 5.92 Å². The molecular weight excluding hydrogens is 188 g/mol. The molecule has 3 nitrogen and oxygen atoms in total. The zero-order chi connectivity index (χ0) is 10.8. The minimum Gasteiger partial charge on any atom is -0.481 e. The van der Waals surface area contributed by atoms with Gasteiger partial charge in [-0.05, 0) is 25.2 Å². The molecule has 1 aliphatic rings. The summed E-state index contributed by atoms with van der Waals surface area (Å²) in [6, 6.07) is 1.95. The minimum atomic E-state index is 0.589. The van der Waals surface area contributed by atoms with E-state index in [0.29, 0.717) is 17.7 Å². The van der Waals surface area contributed by atoms with Crippen LogP contribution in [0.3, 0.4) is 0 Å². The van der Waals surface area contributed by atoms with Crippen molar-refractivity contribution >= 4 is 0 Å². The molecule has 0 aliphatic heterocycles. The smallest absolute Gasteiger partial charge is 0.216 e. The van der Waals surface area contributed by atoms with Crippen molar-refractivity contribution in [1.29, 1.82) is 0 Å². The first-order chi connectivity index (χ1) is 7.19. The summed E-state index contributed by atoms with van der Waals surface area (Å²) in [7, 11) is 1.66. The van der Waals surface area contributed by atoms with Gasteiger partial charge in [-0.15, -0.1) is 0 Å². The molecule has 1 aliphatic carbocycles. The number of hydrogen-bond donors (Lipinski definition) is 0. The molecule has 1 aromatic heterocycles. The predicted octanol–water partition coefficient (Wildman–Crippen LogP) is 2.56. The van der Waals surface area contributed by atoms with Crippen LogP contribution in [0.2, 0.25) is 0 Å². The summed E-state index contributed by atoms with van der Waals surface area (Å²) in [5.74, 6) is 2.90. The van der Waals surface area contributed by atoms with Gasteiger partial charge in [-0.3, -0.25) is 0 Å². The van der Waals surface area contributed by atoms with E-state index in [0.717, 1.165) is 17.9 Å². The van der Waals surface area contributed by atoms with E-state index in [1.54, 1.807) is 7.11 Å². The lowest BCUT2D eigenvalue weighted by Gasteiger charge is -2.08. The van der Waals surface area contributed by atoms with Crippen LogP contribution in [0.5, 0.6) is 5.88 Å². The number of rotatable bonds is 4. The van der Waals surface area contributed by atoms with Gasteiger partial charge < -0.3 is 4.74 Å². The molecule has 1 heterocycles. The van der Waals surface area contributed by atoms with E-state index >= 15 is 0 Å². The van der Waals surface area contributed by atoms with E-state index < -0.39 is 0 Å². The number of hydrogen-bond acceptors (Lipinski definition) is 3. The molecule has 2 rings (SSSR count). The van der Waals surface area contributed by atoms with Gasteiger partial charge in [0.2, 0.25) is 5.88 Å². The average molecular weight is 206 g/mol. The first-order valence-electron chi connectivity index (χ1n) is 5.61. The summed E-state index contributed by atoms with van der Waals surface area (Å²) in [4.78, 5) is 8.98. The predicted molar refractivity (Wildman–Crippen MR) is 59.1 cm³/mol. The Kier molecular flexibility index (Phi) is 2.89. The molecule has 0 bridgehead atoms. The molecule has 1 aromatic rings. The fourth-order valence-electron chi connectivity index (χ4n) is 1.64. The molecular formula is C12H18N2O.